The van der Waals surface area contributed by atoms with E-state index in [9.17, 15) is 36.0 Å². The van der Waals surface area contributed by atoms with Crippen LogP contribution in [0.5, 0.6) is 0 Å². The van der Waals surface area contributed by atoms with Gasteiger partial charge in [-0.15, -0.1) is 0 Å². The van der Waals surface area contributed by atoms with Crippen LogP contribution in [-0.4, -0.2) is 70.7 Å². The van der Waals surface area contributed by atoms with E-state index in [2.05, 4.69) is 0 Å². The Labute approximate surface area is 263 Å². The first-order valence-corrected chi connectivity index (χ1v) is 21.6. The Bertz CT molecular complexity index is 1610. The molecule has 3 heterocycles. The number of amides is 1. The zero-order chi connectivity index (χ0) is 34.9. The lowest BCUT2D eigenvalue weighted by atomic mass is 9.89. The minimum Gasteiger partial charge on any atom is -0.414 e. The van der Waals surface area contributed by atoms with Gasteiger partial charge < -0.3 is 18.9 Å². The molecular formula is C27H44F3N3O9SSi2. The Hall–Kier alpha value is -2.10. The van der Waals surface area contributed by atoms with Gasteiger partial charge in [0.2, 0.25) is 0 Å². The molecule has 18 heteroatoms. The lowest BCUT2D eigenvalue weighted by molar-refractivity contribution is -0.173. The van der Waals surface area contributed by atoms with Crippen molar-refractivity contribution >= 4 is 32.7 Å². The van der Waals surface area contributed by atoms with Crippen LogP contribution in [0.4, 0.5) is 13.2 Å². The lowest BCUT2D eigenvalue weighted by Crippen LogP contribution is -2.60. The topological polar surface area (TPSA) is 144 Å². The third kappa shape index (κ3) is 6.96. The average Bonchev–Trinajstić information content (AvgIpc) is 3.28. The molecule has 45 heavy (non-hydrogen) atoms. The molecule has 2 aliphatic rings. The number of rotatable bonds is 7. The standard InChI is InChI=1S/C27H44F3N3O9SSi2/c1-16-13-33(23(36)32(8)20(16)34)21-19(41-45(11,12)25(5,6)7)26(18(40-21)14-39-44(9,10)24(2,3)4)17(15-43(37,38)42-26)31-22(35)27(28,29)30/h13,15,18-19,21H,14H2,1-12H3,(H,31,35)/t18-,19+,21-,26-/m1/s1. The van der Waals surface area contributed by atoms with Crippen LogP contribution >= 0.6 is 0 Å². The zero-order valence-electron chi connectivity index (χ0n) is 27.7. The van der Waals surface area contributed by atoms with Crippen molar-refractivity contribution in [2.45, 2.75) is 115 Å². The maximum Gasteiger partial charge on any atom is 0.471 e. The number of aromatic nitrogens is 2. The number of halogens is 3. The van der Waals surface area contributed by atoms with Crippen molar-refractivity contribution in [3.8, 4) is 0 Å². The Kier molecular flexibility index (Phi) is 9.59. The van der Waals surface area contributed by atoms with Gasteiger partial charge in [-0.2, -0.15) is 21.6 Å². The summed E-state index contributed by atoms with van der Waals surface area (Å²) in [6.07, 6.45) is -8.82. The Morgan fingerprint density at radius 2 is 1.58 bits per heavy atom. The lowest BCUT2D eigenvalue weighted by Gasteiger charge is -2.44. The minimum absolute atomic E-state index is 0.128. The molecule has 1 aromatic heterocycles. The molecular weight excluding hydrogens is 656 g/mol. The molecule has 0 saturated carbocycles. The summed E-state index contributed by atoms with van der Waals surface area (Å²) in [5.41, 5.74) is -4.52. The van der Waals surface area contributed by atoms with Crippen LogP contribution < -0.4 is 16.6 Å². The van der Waals surface area contributed by atoms with Gasteiger partial charge >= 0.3 is 17.8 Å². The van der Waals surface area contributed by atoms with E-state index in [1.807, 2.05) is 67.7 Å². The van der Waals surface area contributed by atoms with E-state index >= 15 is 0 Å². The fraction of sp³-hybridized carbons (Fsp3) is 0.741. The number of nitrogens with one attached hydrogen (secondary N) is 1. The van der Waals surface area contributed by atoms with E-state index in [1.54, 1.807) is 5.32 Å². The molecule has 1 amide bonds. The highest BCUT2D eigenvalue weighted by molar-refractivity contribution is 7.90. The number of alkyl halides is 3. The number of carbonyl (C=O) groups excluding carboxylic acids is 1. The van der Waals surface area contributed by atoms with Gasteiger partial charge in [-0.05, 0) is 43.2 Å². The molecule has 3 rings (SSSR count). The highest BCUT2D eigenvalue weighted by atomic mass is 32.2. The summed E-state index contributed by atoms with van der Waals surface area (Å²) in [7, 11) is -9.10. The highest BCUT2D eigenvalue weighted by Gasteiger charge is 2.68. The van der Waals surface area contributed by atoms with Gasteiger partial charge in [-0.1, -0.05) is 41.5 Å². The van der Waals surface area contributed by atoms with E-state index in [0.29, 0.717) is 5.41 Å². The highest BCUT2D eigenvalue weighted by Crippen LogP contribution is 2.52. The van der Waals surface area contributed by atoms with Crippen LogP contribution in [0.1, 0.15) is 53.3 Å². The van der Waals surface area contributed by atoms with Gasteiger partial charge in [0.25, 0.3) is 15.7 Å². The SMILES string of the molecule is Cc1cn([C@@H]2O[C@H](CO[Si](C)(C)C(C)(C)C)[C@@]3(OS(=O)(=O)C=C3NC(=O)C(F)(F)F)[C@H]2O[Si](C)(C)C(C)(C)C)c(=O)n(C)c1=O. The fourth-order valence-electron chi connectivity index (χ4n) is 4.52. The molecule has 0 aromatic carbocycles. The van der Waals surface area contributed by atoms with Gasteiger partial charge in [0.05, 0.1) is 17.7 Å². The number of nitrogens with zero attached hydrogens (tertiary/aromatic N) is 2. The molecule has 1 fully saturated rings. The number of hydrogen-bond donors (Lipinski definition) is 1. The number of hydrogen-bond acceptors (Lipinski definition) is 9. The van der Waals surface area contributed by atoms with Gasteiger partial charge in [-0.25, -0.2) is 8.98 Å². The summed E-state index contributed by atoms with van der Waals surface area (Å²) in [4.78, 5) is 38.4. The fourth-order valence-corrected chi connectivity index (χ4v) is 8.06. The van der Waals surface area contributed by atoms with Crippen molar-refractivity contribution < 1.29 is 44.2 Å². The summed E-state index contributed by atoms with van der Waals surface area (Å²) in [6.45, 7) is 20.0. The molecule has 1 aromatic rings. The van der Waals surface area contributed by atoms with Crippen molar-refractivity contribution in [3.05, 3.63) is 43.7 Å². The minimum atomic E-state index is -5.39. The Balaban J connectivity index is 2.39. The van der Waals surface area contributed by atoms with Crippen LogP contribution in [0.2, 0.25) is 36.3 Å². The summed E-state index contributed by atoms with van der Waals surface area (Å²) >= 11 is 0. The molecule has 1 saturated heterocycles. The van der Waals surface area contributed by atoms with Gasteiger partial charge in [0.1, 0.15) is 12.2 Å². The van der Waals surface area contributed by atoms with Crippen molar-refractivity contribution in [2.75, 3.05) is 6.61 Å². The van der Waals surface area contributed by atoms with Crippen molar-refractivity contribution in [1.29, 1.82) is 0 Å². The maximum absolute atomic E-state index is 13.6. The summed E-state index contributed by atoms with van der Waals surface area (Å²) < 4.78 is 93.9. The Morgan fingerprint density at radius 3 is 2.07 bits per heavy atom. The molecule has 0 aliphatic carbocycles. The molecule has 0 unspecified atom stereocenters. The molecule has 1 N–H and O–H groups in total. The second-order valence-electron chi connectivity index (χ2n) is 14.6. The van der Waals surface area contributed by atoms with E-state index in [4.69, 9.17) is 17.8 Å². The number of aryl methyl sites for hydroxylation is 1. The predicted molar refractivity (Wildman–Crippen MR) is 165 cm³/mol. The van der Waals surface area contributed by atoms with E-state index < -0.39 is 91.5 Å². The third-order valence-corrected chi connectivity index (χ3v) is 19.3. The molecule has 12 nitrogen and oxygen atoms in total. The van der Waals surface area contributed by atoms with Crippen molar-refractivity contribution in [1.82, 2.24) is 14.5 Å². The molecule has 0 radical (unpaired) electrons. The average molecular weight is 700 g/mol. The number of ether oxygens (including phenoxy) is 1. The monoisotopic (exact) mass is 699 g/mol. The van der Waals surface area contributed by atoms with E-state index in [1.165, 1.54) is 20.2 Å². The first-order chi connectivity index (χ1) is 20.0. The van der Waals surface area contributed by atoms with Crippen LogP contribution in [0.15, 0.2) is 26.9 Å². The van der Waals surface area contributed by atoms with E-state index in [0.717, 1.165) is 9.13 Å². The normalized spacial score (nSPS) is 25.9. The quantitative estimate of drug-likeness (QED) is 0.332. The van der Waals surface area contributed by atoms with Gasteiger partial charge in [-0.3, -0.25) is 18.7 Å². The maximum atomic E-state index is 13.6. The van der Waals surface area contributed by atoms with Crippen LogP contribution in [0.3, 0.4) is 0 Å². The summed E-state index contributed by atoms with van der Waals surface area (Å²) in [5, 5.41) is 1.23. The smallest absolute Gasteiger partial charge is 0.414 e. The summed E-state index contributed by atoms with van der Waals surface area (Å²) in [5.74, 6) is -2.44. The third-order valence-electron chi connectivity index (χ3n) is 9.29. The summed E-state index contributed by atoms with van der Waals surface area (Å²) in [6, 6.07) is 0. The second-order valence-corrected chi connectivity index (χ2v) is 25.6. The van der Waals surface area contributed by atoms with Crippen molar-refractivity contribution in [3.63, 3.8) is 0 Å². The molecule has 256 valence electrons. The Morgan fingerprint density at radius 1 is 1.04 bits per heavy atom. The molecule has 2 aliphatic heterocycles. The molecule has 0 bridgehead atoms. The van der Waals surface area contributed by atoms with Crippen LogP contribution in [-0.2, 0) is 39.7 Å². The molecule has 1 spiro atoms. The van der Waals surface area contributed by atoms with E-state index in [-0.39, 0.29) is 10.6 Å². The predicted octanol–water partition coefficient (Wildman–Crippen LogP) is 3.78. The second kappa shape index (κ2) is 11.6. The first-order valence-electron chi connectivity index (χ1n) is 14.3. The van der Waals surface area contributed by atoms with Crippen LogP contribution in [0.25, 0.3) is 0 Å². The van der Waals surface area contributed by atoms with Crippen LogP contribution in [0, 0.1) is 6.92 Å². The first kappa shape index (κ1) is 37.4. The van der Waals surface area contributed by atoms with Gasteiger partial charge in [0.15, 0.2) is 28.5 Å². The number of carbonyl (C=O) groups is 1. The largest absolute Gasteiger partial charge is 0.471 e. The van der Waals surface area contributed by atoms with Crippen molar-refractivity contribution in [2.24, 2.45) is 7.05 Å². The molecule has 4 atom stereocenters. The van der Waals surface area contributed by atoms with Gasteiger partial charge in [0, 0.05) is 18.8 Å². The zero-order valence-corrected chi connectivity index (χ0v) is 30.5.